The summed E-state index contributed by atoms with van der Waals surface area (Å²) in [5.74, 6) is -0.0455. The highest BCUT2D eigenvalue weighted by Crippen LogP contribution is 2.31. The summed E-state index contributed by atoms with van der Waals surface area (Å²) >= 11 is 0. The zero-order chi connectivity index (χ0) is 15.7. The first-order valence-corrected chi connectivity index (χ1v) is 5.81. The second kappa shape index (κ2) is 4.96. The Kier molecular flexibility index (Phi) is 3.10. The van der Waals surface area contributed by atoms with E-state index < -0.39 is 11.7 Å². The van der Waals surface area contributed by atoms with Gasteiger partial charge in [0.05, 0.1) is 5.56 Å². The molecule has 7 nitrogen and oxygen atoms in total. The molecule has 22 heavy (non-hydrogen) atoms. The Morgan fingerprint density at radius 1 is 1.05 bits per heavy atom. The van der Waals surface area contributed by atoms with Gasteiger partial charge in [-0.1, -0.05) is 0 Å². The summed E-state index contributed by atoms with van der Waals surface area (Å²) in [5.41, 5.74) is -0.413. The average Bonchev–Trinajstić information content (AvgIpc) is 3.15. The quantitative estimate of drug-likeness (QED) is 0.779. The fourth-order valence-electron chi connectivity index (χ4n) is 1.70. The predicted molar refractivity (Wildman–Crippen MR) is 64.8 cm³/mol. The Hall–Kier alpha value is -3.22. The van der Waals surface area contributed by atoms with E-state index in [2.05, 4.69) is 25.6 Å². The molecule has 0 saturated heterocycles. The van der Waals surface area contributed by atoms with E-state index in [-0.39, 0.29) is 23.2 Å². The van der Waals surface area contributed by atoms with Crippen LogP contribution in [0.3, 0.4) is 0 Å². The normalized spacial score (nSPS) is 11.4. The molecule has 110 valence electrons. The van der Waals surface area contributed by atoms with Crippen LogP contribution < -0.4 is 0 Å². The number of halogens is 3. The van der Waals surface area contributed by atoms with E-state index >= 15 is 0 Å². The predicted octanol–water partition coefficient (Wildman–Crippen LogP) is 2.41. The molecule has 1 aromatic carbocycles. The molecule has 3 rings (SSSR count). The molecule has 0 spiro atoms. The first kappa shape index (κ1) is 13.7. The van der Waals surface area contributed by atoms with E-state index in [9.17, 15) is 13.2 Å². The summed E-state index contributed by atoms with van der Waals surface area (Å²) in [5, 5.41) is 25.8. The van der Waals surface area contributed by atoms with Crippen molar-refractivity contribution in [2.75, 3.05) is 0 Å². The maximum atomic E-state index is 12.5. The highest BCUT2D eigenvalue weighted by atomic mass is 19.4. The summed E-state index contributed by atoms with van der Waals surface area (Å²) in [4.78, 5) is 0. The molecule has 1 N–H and O–H groups in total. The highest BCUT2D eigenvalue weighted by Gasteiger charge is 2.30. The van der Waals surface area contributed by atoms with Crippen LogP contribution in [0.25, 0.3) is 23.0 Å². The van der Waals surface area contributed by atoms with Crippen molar-refractivity contribution in [2.24, 2.45) is 0 Å². The van der Waals surface area contributed by atoms with Crippen LogP contribution >= 0.6 is 0 Å². The third-order valence-corrected chi connectivity index (χ3v) is 2.74. The zero-order valence-electron chi connectivity index (χ0n) is 10.6. The maximum Gasteiger partial charge on any atom is 0.416 e. The van der Waals surface area contributed by atoms with Gasteiger partial charge in [-0.2, -0.15) is 23.6 Å². The Morgan fingerprint density at radius 2 is 1.73 bits per heavy atom. The van der Waals surface area contributed by atoms with E-state index in [0.29, 0.717) is 5.56 Å². The number of hydrogen-bond acceptors (Lipinski definition) is 6. The lowest BCUT2D eigenvalue weighted by Gasteiger charge is -2.05. The molecule has 0 aliphatic carbocycles. The molecule has 0 aliphatic heterocycles. The number of aromatic nitrogens is 5. The topological polar surface area (TPSA) is 104 Å². The molecule has 0 saturated carbocycles. The van der Waals surface area contributed by atoms with Gasteiger partial charge < -0.3 is 4.42 Å². The molecule has 3 aromatic rings. The number of benzene rings is 1. The molecule has 0 atom stereocenters. The molecule has 2 heterocycles. The minimum Gasteiger partial charge on any atom is -0.414 e. The molecule has 2 aromatic heterocycles. The van der Waals surface area contributed by atoms with E-state index in [0.717, 1.165) is 12.1 Å². The van der Waals surface area contributed by atoms with Gasteiger partial charge in [0.15, 0.2) is 11.4 Å². The Labute approximate surface area is 120 Å². The number of nitriles is 1. The average molecular weight is 306 g/mol. The van der Waals surface area contributed by atoms with Crippen LogP contribution in [0, 0.1) is 11.3 Å². The van der Waals surface area contributed by atoms with Gasteiger partial charge in [0.2, 0.25) is 5.89 Å². The highest BCUT2D eigenvalue weighted by molar-refractivity contribution is 5.58. The number of nitrogens with zero attached hydrogens (tertiary/aromatic N) is 5. The van der Waals surface area contributed by atoms with Crippen LogP contribution in [0.2, 0.25) is 0 Å². The first-order chi connectivity index (χ1) is 10.5. The standard InChI is InChI=1S/C12H5F3N6O/c13-12(14,15)7-3-1-6(2-4-7)10-19-20-11(22-10)9-8(5-16)17-21-18-9/h1-4H,(H,17,18,21). The molecule has 0 radical (unpaired) electrons. The van der Waals surface area contributed by atoms with Crippen molar-refractivity contribution in [3.05, 3.63) is 35.5 Å². The summed E-state index contributed by atoms with van der Waals surface area (Å²) in [7, 11) is 0. The molecule has 0 bridgehead atoms. The van der Waals surface area contributed by atoms with E-state index in [1.165, 1.54) is 12.1 Å². The van der Waals surface area contributed by atoms with E-state index in [1.807, 2.05) is 0 Å². The molecule has 0 fully saturated rings. The second-order valence-electron chi connectivity index (χ2n) is 4.12. The Balaban J connectivity index is 1.93. The van der Waals surface area contributed by atoms with Crippen molar-refractivity contribution in [2.45, 2.75) is 6.18 Å². The Morgan fingerprint density at radius 3 is 2.36 bits per heavy atom. The van der Waals surface area contributed by atoms with Gasteiger partial charge in [-0.25, -0.2) is 0 Å². The lowest BCUT2D eigenvalue weighted by molar-refractivity contribution is -0.137. The number of rotatable bonds is 2. The smallest absolute Gasteiger partial charge is 0.414 e. The van der Waals surface area contributed by atoms with Crippen molar-refractivity contribution in [1.29, 1.82) is 5.26 Å². The van der Waals surface area contributed by atoms with Crippen LogP contribution in [0.1, 0.15) is 11.3 Å². The van der Waals surface area contributed by atoms with E-state index in [1.54, 1.807) is 6.07 Å². The number of H-pyrrole nitrogens is 1. The second-order valence-corrected chi connectivity index (χ2v) is 4.12. The van der Waals surface area contributed by atoms with Crippen molar-refractivity contribution in [3.8, 4) is 29.1 Å². The fraction of sp³-hybridized carbons (Fsp3) is 0.0833. The van der Waals surface area contributed by atoms with E-state index in [4.69, 9.17) is 9.68 Å². The van der Waals surface area contributed by atoms with Gasteiger partial charge >= 0.3 is 6.18 Å². The van der Waals surface area contributed by atoms with Gasteiger partial charge in [-0.05, 0) is 24.3 Å². The lowest BCUT2D eigenvalue weighted by Crippen LogP contribution is -2.03. The summed E-state index contributed by atoms with van der Waals surface area (Å²) in [6.07, 6.45) is -4.42. The molecule has 0 aliphatic rings. The molecule has 0 unspecified atom stereocenters. The van der Waals surface area contributed by atoms with Crippen LogP contribution in [0.15, 0.2) is 28.7 Å². The summed E-state index contributed by atoms with van der Waals surface area (Å²) < 4.78 is 42.8. The van der Waals surface area contributed by atoms with Crippen LogP contribution in [-0.2, 0) is 6.18 Å². The van der Waals surface area contributed by atoms with Gasteiger partial charge in [0, 0.05) is 5.56 Å². The van der Waals surface area contributed by atoms with Crippen molar-refractivity contribution >= 4 is 0 Å². The van der Waals surface area contributed by atoms with Crippen molar-refractivity contribution in [3.63, 3.8) is 0 Å². The van der Waals surface area contributed by atoms with Crippen molar-refractivity contribution < 1.29 is 17.6 Å². The van der Waals surface area contributed by atoms with Crippen molar-refractivity contribution in [1.82, 2.24) is 25.6 Å². The monoisotopic (exact) mass is 306 g/mol. The zero-order valence-corrected chi connectivity index (χ0v) is 10.6. The van der Waals surface area contributed by atoms with Gasteiger partial charge in [0.25, 0.3) is 5.89 Å². The maximum absolute atomic E-state index is 12.5. The minimum absolute atomic E-state index is 0.00983. The molecular formula is C12H5F3N6O. The number of hydrogen-bond donors (Lipinski definition) is 1. The number of aromatic amines is 1. The fourth-order valence-corrected chi connectivity index (χ4v) is 1.70. The number of nitrogens with one attached hydrogen (secondary N) is 1. The molecular weight excluding hydrogens is 301 g/mol. The Bertz CT molecular complexity index is 843. The number of alkyl halides is 3. The summed E-state index contributed by atoms with van der Waals surface area (Å²) in [6, 6.07) is 6.05. The van der Waals surface area contributed by atoms with Gasteiger partial charge in [0.1, 0.15) is 6.07 Å². The van der Waals surface area contributed by atoms with Crippen LogP contribution in [0.5, 0.6) is 0 Å². The van der Waals surface area contributed by atoms with Gasteiger partial charge in [-0.3, -0.25) is 0 Å². The van der Waals surface area contributed by atoms with Crippen LogP contribution in [-0.4, -0.2) is 25.6 Å². The molecule has 0 amide bonds. The minimum atomic E-state index is -4.42. The SMILES string of the molecule is N#Cc1n[nH]nc1-c1nnc(-c2ccc(C(F)(F)F)cc2)o1. The third-order valence-electron chi connectivity index (χ3n) is 2.74. The van der Waals surface area contributed by atoms with Crippen LogP contribution in [0.4, 0.5) is 13.2 Å². The van der Waals surface area contributed by atoms with Gasteiger partial charge in [-0.15, -0.1) is 20.4 Å². The summed E-state index contributed by atoms with van der Waals surface area (Å²) in [6.45, 7) is 0. The molecule has 10 heteroatoms. The largest absolute Gasteiger partial charge is 0.416 e. The third kappa shape index (κ3) is 2.39. The lowest BCUT2D eigenvalue weighted by atomic mass is 10.1. The first-order valence-electron chi connectivity index (χ1n) is 5.81.